The molecule has 0 spiro atoms. The average molecular weight is 259 g/mol. The minimum atomic E-state index is -4.35. The van der Waals surface area contributed by atoms with Crippen LogP contribution < -0.4 is 11.3 Å². The summed E-state index contributed by atoms with van der Waals surface area (Å²) in [6, 6.07) is 0.519. The lowest BCUT2D eigenvalue weighted by Gasteiger charge is -2.06. The Balaban J connectivity index is 3.64. The Hall–Kier alpha value is -1.15. The summed E-state index contributed by atoms with van der Waals surface area (Å²) in [5.74, 6) is 0. The molecule has 3 N–H and O–H groups in total. The summed E-state index contributed by atoms with van der Waals surface area (Å²) in [7, 11) is 0.536. The molecule has 0 bridgehead atoms. The van der Waals surface area contributed by atoms with Crippen molar-refractivity contribution >= 4 is 25.4 Å². The van der Waals surface area contributed by atoms with Crippen LogP contribution in [0.3, 0.4) is 0 Å². The van der Waals surface area contributed by atoms with E-state index in [0.29, 0.717) is 6.07 Å². The molecule has 0 unspecified atom stereocenters. The highest BCUT2D eigenvalue weighted by atomic mass is 35.7. The van der Waals surface area contributed by atoms with Gasteiger partial charge >= 0.3 is 0 Å². The molecule has 15 heavy (non-hydrogen) atoms. The lowest BCUT2D eigenvalue weighted by Crippen LogP contribution is -2.15. The van der Waals surface area contributed by atoms with Crippen molar-refractivity contribution in [1.29, 1.82) is 0 Å². The molecule has 9 heteroatoms. The Bertz CT molecular complexity index is 540. The Morgan fingerprint density at radius 1 is 1.47 bits per heavy atom. The fraction of sp³-hybridized carbons (Fsp3) is 0.167. The zero-order valence-electron chi connectivity index (χ0n) is 7.00. The molecule has 0 aliphatic carbocycles. The number of hydrogen-bond donors (Lipinski definition) is 2. The van der Waals surface area contributed by atoms with Crippen LogP contribution in [-0.4, -0.2) is 13.4 Å². The molecule has 0 aliphatic rings. The van der Waals surface area contributed by atoms with E-state index in [9.17, 15) is 22.0 Å². The van der Waals surface area contributed by atoms with E-state index < -0.39 is 37.3 Å². The van der Waals surface area contributed by atoms with Crippen LogP contribution in [0.5, 0.6) is 0 Å². The summed E-state index contributed by atoms with van der Waals surface area (Å²) in [4.78, 5) is 12.6. The van der Waals surface area contributed by atoms with E-state index in [4.69, 9.17) is 16.4 Å². The van der Waals surface area contributed by atoms with Gasteiger partial charge in [0.1, 0.15) is 0 Å². The first-order valence-corrected chi connectivity index (χ1v) is 5.80. The third kappa shape index (κ3) is 2.45. The molecule has 0 amide bonds. The molecule has 0 atom stereocenters. The smallest absolute Gasteiger partial charge is 0.278 e. The highest BCUT2D eigenvalue weighted by molar-refractivity contribution is 8.13. The number of rotatable bonds is 2. The minimum absolute atomic E-state index is 0.519. The summed E-state index contributed by atoms with van der Waals surface area (Å²) < 4.78 is 46.3. The number of hydrogen-bond acceptors (Lipinski definition) is 4. The number of nitrogens with one attached hydrogen (secondary N) is 1. The number of nitrogens with two attached hydrogens (primary N) is 1. The van der Waals surface area contributed by atoms with Crippen molar-refractivity contribution in [2.45, 2.75) is 11.5 Å². The van der Waals surface area contributed by atoms with Crippen LogP contribution in [0.4, 0.5) is 14.5 Å². The largest absolute Gasteiger partial charge is 0.396 e. The number of H-pyrrole nitrogens is 1. The molecular weight excluding hydrogens is 254 g/mol. The number of aromatic nitrogens is 1. The minimum Gasteiger partial charge on any atom is -0.396 e. The summed E-state index contributed by atoms with van der Waals surface area (Å²) in [6.45, 7) is 0. The zero-order valence-corrected chi connectivity index (χ0v) is 8.57. The van der Waals surface area contributed by atoms with E-state index in [1.807, 2.05) is 0 Å². The molecule has 1 aromatic heterocycles. The SMILES string of the molecule is Nc1c(C(F)F)cc(=O)[nH]c1S(=O)(=O)Cl. The van der Waals surface area contributed by atoms with Crippen molar-refractivity contribution < 1.29 is 17.2 Å². The van der Waals surface area contributed by atoms with Gasteiger partial charge in [-0.25, -0.2) is 17.2 Å². The highest BCUT2D eigenvalue weighted by Crippen LogP contribution is 2.28. The molecule has 0 saturated heterocycles. The zero-order chi connectivity index (χ0) is 11.8. The fourth-order valence-corrected chi connectivity index (χ4v) is 1.91. The van der Waals surface area contributed by atoms with Crippen LogP contribution in [0.15, 0.2) is 15.9 Å². The van der Waals surface area contributed by atoms with Crippen LogP contribution in [0.25, 0.3) is 0 Å². The summed E-state index contributed by atoms with van der Waals surface area (Å²) >= 11 is 0. The average Bonchev–Trinajstić information content (AvgIpc) is 2.06. The van der Waals surface area contributed by atoms with Crippen LogP contribution in [0, 0.1) is 0 Å². The number of anilines is 1. The van der Waals surface area contributed by atoms with Crippen LogP contribution in [0.2, 0.25) is 0 Å². The van der Waals surface area contributed by atoms with E-state index in [1.165, 1.54) is 0 Å². The van der Waals surface area contributed by atoms with Gasteiger partial charge < -0.3 is 10.7 Å². The van der Waals surface area contributed by atoms with Gasteiger partial charge in [-0.2, -0.15) is 0 Å². The van der Waals surface area contributed by atoms with Crippen molar-refractivity contribution in [3.05, 3.63) is 22.0 Å². The second-order valence-corrected chi connectivity index (χ2v) is 5.07. The lowest BCUT2D eigenvalue weighted by atomic mass is 10.2. The van der Waals surface area contributed by atoms with Crippen molar-refractivity contribution in [1.82, 2.24) is 4.98 Å². The molecule has 1 heterocycles. The van der Waals surface area contributed by atoms with E-state index in [0.717, 1.165) is 0 Å². The molecular formula is C6H5ClF2N2O3S. The number of halogens is 3. The quantitative estimate of drug-likeness (QED) is 0.768. The third-order valence-electron chi connectivity index (χ3n) is 1.56. The van der Waals surface area contributed by atoms with E-state index in [-0.39, 0.29) is 0 Å². The Morgan fingerprint density at radius 2 is 2.00 bits per heavy atom. The molecule has 5 nitrogen and oxygen atoms in total. The fourth-order valence-electron chi connectivity index (χ4n) is 0.938. The molecule has 1 rings (SSSR count). The summed E-state index contributed by atoms with van der Waals surface area (Å²) in [5, 5.41) is -0.910. The van der Waals surface area contributed by atoms with E-state index in [1.54, 1.807) is 4.98 Å². The molecule has 84 valence electrons. The standard InChI is InChI=1S/C6H5ClF2N2O3S/c7-15(13,14)6-4(10)2(5(8)9)1-3(12)11-6/h1,5H,10H2,(H,11,12). The van der Waals surface area contributed by atoms with Gasteiger partial charge in [-0.15, -0.1) is 0 Å². The second-order valence-electron chi connectivity index (χ2n) is 2.57. The van der Waals surface area contributed by atoms with Gasteiger partial charge in [0, 0.05) is 22.3 Å². The molecule has 0 radical (unpaired) electrons. The van der Waals surface area contributed by atoms with Crippen LogP contribution in [-0.2, 0) is 9.05 Å². The molecule has 0 saturated carbocycles. The van der Waals surface area contributed by atoms with Crippen LogP contribution in [0.1, 0.15) is 12.0 Å². The maximum Gasteiger partial charge on any atom is 0.278 e. The Kier molecular flexibility index (Phi) is 3.00. The maximum atomic E-state index is 12.3. The van der Waals surface area contributed by atoms with Crippen molar-refractivity contribution in [3.63, 3.8) is 0 Å². The topological polar surface area (TPSA) is 93.0 Å². The van der Waals surface area contributed by atoms with Crippen molar-refractivity contribution in [2.24, 2.45) is 0 Å². The third-order valence-corrected chi connectivity index (χ3v) is 2.83. The van der Waals surface area contributed by atoms with Gasteiger partial charge in [-0.05, 0) is 0 Å². The summed E-state index contributed by atoms with van der Waals surface area (Å²) in [5.41, 5.74) is 2.50. The first kappa shape index (κ1) is 11.9. The number of pyridine rings is 1. The van der Waals surface area contributed by atoms with Gasteiger partial charge in [-0.1, -0.05) is 0 Å². The molecule has 0 aromatic carbocycles. The number of aromatic amines is 1. The van der Waals surface area contributed by atoms with E-state index in [2.05, 4.69) is 0 Å². The predicted octanol–water partition coefficient (Wildman–Crippen LogP) is 0.822. The first-order valence-electron chi connectivity index (χ1n) is 3.49. The first-order chi connectivity index (χ1) is 6.73. The van der Waals surface area contributed by atoms with Gasteiger partial charge in [0.15, 0.2) is 5.03 Å². The van der Waals surface area contributed by atoms with Gasteiger partial charge in [-0.3, -0.25) is 4.79 Å². The maximum absolute atomic E-state index is 12.3. The van der Waals surface area contributed by atoms with E-state index >= 15 is 0 Å². The monoisotopic (exact) mass is 258 g/mol. The molecule has 0 fully saturated rings. The van der Waals surface area contributed by atoms with Crippen molar-refractivity contribution in [3.8, 4) is 0 Å². The molecule has 1 aromatic rings. The second kappa shape index (κ2) is 3.78. The predicted molar refractivity (Wildman–Crippen MR) is 49.5 cm³/mol. The van der Waals surface area contributed by atoms with Gasteiger partial charge in [0.2, 0.25) is 5.56 Å². The number of alkyl halides is 2. The Morgan fingerprint density at radius 3 is 2.40 bits per heavy atom. The van der Waals surface area contributed by atoms with Gasteiger partial charge in [0.25, 0.3) is 15.5 Å². The Labute approximate surface area is 87.3 Å². The highest BCUT2D eigenvalue weighted by Gasteiger charge is 2.22. The number of nitrogen functional groups attached to an aromatic ring is 1. The molecule has 0 aliphatic heterocycles. The normalized spacial score (nSPS) is 12.0. The lowest BCUT2D eigenvalue weighted by molar-refractivity contribution is 0.151. The van der Waals surface area contributed by atoms with Gasteiger partial charge in [0.05, 0.1) is 5.69 Å². The van der Waals surface area contributed by atoms with Crippen LogP contribution >= 0.6 is 10.7 Å². The van der Waals surface area contributed by atoms with Crippen molar-refractivity contribution in [2.75, 3.05) is 5.73 Å². The summed E-state index contributed by atoms with van der Waals surface area (Å²) in [6.07, 6.45) is -3.05.